The Bertz CT molecular complexity index is 1260. The van der Waals surface area contributed by atoms with Crippen molar-refractivity contribution in [3.8, 4) is 5.75 Å². The molecule has 2 N–H and O–H groups in total. The second-order valence-corrected chi connectivity index (χ2v) is 7.66. The van der Waals surface area contributed by atoms with Crippen LogP contribution in [0, 0.1) is 17.0 Å². The van der Waals surface area contributed by atoms with Gasteiger partial charge < -0.3 is 10.1 Å². The number of amides is 1. The highest BCUT2D eigenvalue weighted by molar-refractivity contribution is 6.32. The second-order valence-electron chi connectivity index (χ2n) is 7.25. The molecule has 3 aromatic carbocycles. The number of carbonyl (C=O) groups excluding carboxylic acids is 1. The topological polar surface area (TPSA) is 106 Å². The number of hydrazone groups is 1. The van der Waals surface area contributed by atoms with Crippen molar-refractivity contribution in [1.82, 2.24) is 0 Å². The van der Waals surface area contributed by atoms with Crippen molar-refractivity contribution in [1.29, 1.82) is 0 Å². The summed E-state index contributed by atoms with van der Waals surface area (Å²) in [4.78, 5) is 22.2. The first-order valence-corrected chi connectivity index (χ1v) is 10.3. The van der Waals surface area contributed by atoms with Gasteiger partial charge in [-0.15, -0.1) is 0 Å². The number of anilines is 2. The first kappa shape index (κ1) is 25.5. The minimum Gasteiger partial charge on any atom is -0.482 e. The van der Waals surface area contributed by atoms with Crippen LogP contribution in [0.3, 0.4) is 0 Å². The number of alkyl halides is 3. The third-order valence-corrected chi connectivity index (χ3v) is 4.87. The Kier molecular flexibility index (Phi) is 7.92. The summed E-state index contributed by atoms with van der Waals surface area (Å²) in [6.45, 7) is 1.65. The molecule has 3 rings (SSSR count). The van der Waals surface area contributed by atoms with E-state index in [-0.39, 0.29) is 29.0 Å². The molecule has 0 aliphatic carbocycles. The van der Waals surface area contributed by atoms with Gasteiger partial charge in [0.2, 0.25) is 0 Å². The molecule has 0 fully saturated rings. The van der Waals surface area contributed by atoms with Gasteiger partial charge in [-0.2, -0.15) is 18.3 Å². The van der Waals surface area contributed by atoms with Crippen LogP contribution in [0.2, 0.25) is 5.02 Å². The number of carbonyl (C=O) groups is 1. The zero-order valence-electron chi connectivity index (χ0n) is 18.1. The van der Waals surface area contributed by atoms with Crippen LogP contribution < -0.4 is 15.5 Å². The summed E-state index contributed by atoms with van der Waals surface area (Å²) in [5, 5.41) is 17.8. The highest BCUT2D eigenvalue weighted by atomic mass is 35.5. The molecule has 0 unspecified atom stereocenters. The number of aryl methyl sites for hydroxylation is 1. The second kappa shape index (κ2) is 10.9. The summed E-state index contributed by atoms with van der Waals surface area (Å²) < 4.78 is 43.8. The third kappa shape index (κ3) is 7.18. The first-order valence-electron chi connectivity index (χ1n) is 9.96. The summed E-state index contributed by atoms with van der Waals surface area (Å²) in [5.41, 5.74) is 2.37. The Balaban J connectivity index is 1.60. The van der Waals surface area contributed by atoms with Crippen molar-refractivity contribution in [2.45, 2.75) is 13.1 Å². The van der Waals surface area contributed by atoms with Crippen molar-refractivity contribution in [3.63, 3.8) is 0 Å². The molecule has 0 radical (unpaired) electrons. The standard InChI is InChI=1S/C23H18ClF3N4O4/c1-14-2-6-17(7-3-14)29-22(32)13-35-21-9-4-15(10-18(21)24)12-28-30-19-8-5-16(23(25,26)27)11-20(19)31(33)34/h2-12,30H,13H2,1H3,(H,29,32)/b28-12-. The minimum atomic E-state index is -4.71. The normalized spacial score (nSPS) is 11.3. The molecule has 0 saturated heterocycles. The van der Waals surface area contributed by atoms with Gasteiger partial charge in [0.05, 0.1) is 21.7 Å². The Morgan fingerprint density at radius 3 is 2.49 bits per heavy atom. The van der Waals surface area contributed by atoms with E-state index in [9.17, 15) is 28.1 Å². The lowest BCUT2D eigenvalue weighted by molar-refractivity contribution is -0.384. The maximum Gasteiger partial charge on any atom is 0.416 e. The fraction of sp³-hybridized carbons (Fsp3) is 0.130. The number of hydrogen-bond donors (Lipinski definition) is 2. The van der Waals surface area contributed by atoms with Gasteiger partial charge in [-0.25, -0.2) is 0 Å². The van der Waals surface area contributed by atoms with E-state index in [0.717, 1.165) is 11.6 Å². The van der Waals surface area contributed by atoms with E-state index in [0.29, 0.717) is 23.4 Å². The SMILES string of the molecule is Cc1ccc(NC(=O)COc2ccc(/C=N\Nc3ccc(C(F)(F)F)cc3[N+](=O)[O-])cc2Cl)cc1. The molecular formula is C23H18ClF3N4O4. The van der Waals surface area contributed by atoms with Gasteiger partial charge in [0.25, 0.3) is 11.6 Å². The Morgan fingerprint density at radius 2 is 1.86 bits per heavy atom. The number of nitrogens with zero attached hydrogens (tertiary/aromatic N) is 2. The Morgan fingerprint density at radius 1 is 1.14 bits per heavy atom. The highest BCUT2D eigenvalue weighted by Gasteiger charge is 2.33. The van der Waals surface area contributed by atoms with Crippen LogP contribution in [0.15, 0.2) is 65.8 Å². The first-order chi connectivity index (χ1) is 16.5. The smallest absolute Gasteiger partial charge is 0.416 e. The molecule has 0 atom stereocenters. The highest BCUT2D eigenvalue weighted by Crippen LogP contribution is 2.35. The molecule has 8 nitrogen and oxygen atoms in total. The van der Waals surface area contributed by atoms with Crippen molar-refractivity contribution in [2.24, 2.45) is 5.10 Å². The molecule has 0 bridgehead atoms. The minimum absolute atomic E-state index is 0.178. The van der Waals surface area contributed by atoms with Gasteiger partial charge in [0.1, 0.15) is 11.4 Å². The van der Waals surface area contributed by atoms with E-state index < -0.39 is 22.4 Å². The molecule has 0 aromatic heterocycles. The van der Waals surface area contributed by atoms with Crippen LogP contribution in [0.1, 0.15) is 16.7 Å². The summed E-state index contributed by atoms with van der Waals surface area (Å²) in [7, 11) is 0. The van der Waals surface area contributed by atoms with E-state index in [4.69, 9.17) is 16.3 Å². The van der Waals surface area contributed by atoms with Gasteiger partial charge in [-0.05, 0) is 55.0 Å². The van der Waals surface area contributed by atoms with E-state index in [1.807, 2.05) is 19.1 Å². The predicted molar refractivity (Wildman–Crippen MR) is 126 cm³/mol. The fourth-order valence-corrected chi connectivity index (χ4v) is 3.07. The lowest BCUT2D eigenvalue weighted by Crippen LogP contribution is -2.20. The van der Waals surface area contributed by atoms with E-state index in [1.165, 1.54) is 18.3 Å². The van der Waals surface area contributed by atoms with Gasteiger partial charge in [-0.3, -0.25) is 20.3 Å². The monoisotopic (exact) mass is 506 g/mol. The molecule has 1 amide bonds. The zero-order chi connectivity index (χ0) is 25.6. The van der Waals surface area contributed by atoms with Gasteiger partial charge in [0.15, 0.2) is 6.61 Å². The summed E-state index contributed by atoms with van der Waals surface area (Å²) >= 11 is 6.18. The van der Waals surface area contributed by atoms with Crippen LogP contribution in [0.25, 0.3) is 0 Å². The molecule has 12 heteroatoms. The van der Waals surface area contributed by atoms with Gasteiger partial charge in [-0.1, -0.05) is 29.3 Å². The largest absolute Gasteiger partial charge is 0.482 e. The number of nitro benzene ring substituents is 1. The molecule has 0 aliphatic rings. The molecule has 3 aromatic rings. The quantitative estimate of drug-likeness (QED) is 0.220. The summed E-state index contributed by atoms with van der Waals surface area (Å²) in [6.07, 6.45) is -3.45. The van der Waals surface area contributed by atoms with Crippen molar-refractivity contribution < 1.29 is 27.6 Å². The van der Waals surface area contributed by atoms with E-state index in [1.54, 1.807) is 18.2 Å². The number of nitro groups is 1. The van der Waals surface area contributed by atoms with Crippen molar-refractivity contribution in [2.75, 3.05) is 17.3 Å². The maximum absolute atomic E-state index is 12.8. The van der Waals surface area contributed by atoms with Crippen LogP contribution in [0.4, 0.5) is 30.2 Å². The lowest BCUT2D eigenvalue weighted by Gasteiger charge is -2.10. The number of hydrogen-bond acceptors (Lipinski definition) is 6. The zero-order valence-corrected chi connectivity index (χ0v) is 18.9. The number of rotatable bonds is 8. The lowest BCUT2D eigenvalue weighted by atomic mass is 10.1. The van der Waals surface area contributed by atoms with Gasteiger partial charge in [0, 0.05) is 11.8 Å². The summed E-state index contributed by atoms with van der Waals surface area (Å²) in [6, 6.07) is 13.8. The molecule has 35 heavy (non-hydrogen) atoms. The van der Waals surface area contributed by atoms with Crippen molar-refractivity contribution >= 4 is 40.8 Å². The number of benzene rings is 3. The van der Waals surface area contributed by atoms with E-state index >= 15 is 0 Å². The maximum atomic E-state index is 12.8. The van der Waals surface area contributed by atoms with Gasteiger partial charge >= 0.3 is 6.18 Å². The molecule has 0 aliphatic heterocycles. The molecule has 0 heterocycles. The average molecular weight is 507 g/mol. The fourth-order valence-electron chi connectivity index (χ4n) is 2.82. The van der Waals surface area contributed by atoms with Crippen LogP contribution in [-0.2, 0) is 11.0 Å². The third-order valence-electron chi connectivity index (χ3n) is 4.57. The molecule has 0 saturated carbocycles. The average Bonchev–Trinajstić information content (AvgIpc) is 2.79. The number of ether oxygens (including phenoxy) is 1. The predicted octanol–water partition coefficient (Wildman–Crippen LogP) is 6.04. The Hall–Kier alpha value is -4.12. The summed E-state index contributed by atoms with van der Waals surface area (Å²) in [5.74, 6) is -0.132. The van der Waals surface area contributed by atoms with Crippen LogP contribution in [-0.4, -0.2) is 23.7 Å². The van der Waals surface area contributed by atoms with Crippen molar-refractivity contribution in [3.05, 3.63) is 92.5 Å². The van der Waals surface area contributed by atoms with Crippen LogP contribution in [0.5, 0.6) is 5.75 Å². The molecular weight excluding hydrogens is 489 g/mol. The number of nitrogens with one attached hydrogen (secondary N) is 2. The number of halogens is 4. The van der Waals surface area contributed by atoms with E-state index in [2.05, 4.69) is 15.8 Å². The Labute approximate surface area is 202 Å². The molecule has 182 valence electrons. The van der Waals surface area contributed by atoms with Crippen LogP contribution >= 0.6 is 11.6 Å². The molecule has 0 spiro atoms.